The first kappa shape index (κ1) is 5.52. The Kier molecular flexibility index (Phi) is 1.45. The van der Waals surface area contributed by atoms with Crippen LogP contribution >= 0.6 is 11.8 Å². The van der Waals surface area contributed by atoms with Crippen molar-refractivity contribution < 1.29 is 0 Å². The fourth-order valence-electron chi connectivity index (χ4n) is 0.516. The van der Waals surface area contributed by atoms with E-state index in [4.69, 9.17) is 5.26 Å². The van der Waals surface area contributed by atoms with E-state index in [-0.39, 0.29) is 0 Å². The summed E-state index contributed by atoms with van der Waals surface area (Å²) in [5, 5.41) is 13.5. The minimum Gasteiger partial charge on any atom is -0.364 e. The molecule has 0 saturated heterocycles. The van der Waals surface area contributed by atoms with Crippen molar-refractivity contribution in [2.75, 3.05) is 0 Å². The lowest BCUT2D eigenvalue weighted by molar-refractivity contribution is 0.844. The van der Waals surface area contributed by atoms with Crippen molar-refractivity contribution in [2.24, 2.45) is 0 Å². The Morgan fingerprint density at radius 3 is 3.00 bits per heavy atom. The molecule has 0 radical (unpaired) electrons. The molecule has 0 aromatic carbocycles. The number of nitriles is 1. The average Bonchev–Trinajstić information content (AvgIpc) is 2.14. The zero-order valence-corrected chi connectivity index (χ0v) is 5.33. The molecule has 1 N–H and O–H groups in total. The number of thioether (sulfide) groups is 1. The van der Waals surface area contributed by atoms with Crippen LogP contribution in [-0.2, 0) is 0 Å². The summed E-state index contributed by atoms with van der Waals surface area (Å²) in [7, 11) is 0. The largest absolute Gasteiger partial charge is 0.364 e. The molecule has 1 heterocycles. The standard InChI is InChI=1S/C5H6N2S/c1-4-7-5(2-6)3-8-4/h3-4,7H,1H3. The van der Waals surface area contributed by atoms with Crippen LogP contribution in [0.25, 0.3) is 0 Å². The Bertz CT molecular complexity index is 156. The molecular formula is C5H6N2S. The number of hydrogen-bond acceptors (Lipinski definition) is 3. The van der Waals surface area contributed by atoms with Crippen molar-refractivity contribution >= 4 is 11.8 Å². The lowest BCUT2D eigenvalue weighted by Crippen LogP contribution is -2.14. The summed E-state index contributed by atoms with van der Waals surface area (Å²) in [5.41, 5.74) is 0.683. The maximum atomic E-state index is 8.29. The zero-order valence-electron chi connectivity index (χ0n) is 4.51. The van der Waals surface area contributed by atoms with Crippen LogP contribution in [0, 0.1) is 11.3 Å². The van der Waals surface area contributed by atoms with Crippen molar-refractivity contribution in [2.45, 2.75) is 12.3 Å². The van der Waals surface area contributed by atoms with Gasteiger partial charge in [0.15, 0.2) is 0 Å². The molecule has 0 spiro atoms. The first-order chi connectivity index (χ1) is 3.83. The predicted molar refractivity (Wildman–Crippen MR) is 33.9 cm³/mol. The van der Waals surface area contributed by atoms with Gasteiger partial charge >= 0.3 is 0 Å². The first-order valence-electron chi connectivity index (χ1n) is 2.35. The highest BCUT2D eigenvalue weighted by atomic mass is 32.2. The van der Waals surface area contributed by atoms with E-state index in [0.717, 1.165) is 0 Å². The van der Waals surface area contributed by atoms with Gasteiger partial charge in [-0.2, -0.15) is 5.26 Å². The summed E-state index contributed by atoms with van der Waals surface area (Å²) in [6.45, 7) is 2.02. The summed E-state index contributed by atoms with van der Waals surface area (Å²) < 4.78 is 0. The van der Waals surface area contributed by atoms with Crippen LogP contribution < -0.4 is 5.32 Å². The van der Waals surface area contributed by atoms with Crippen LogP contribution in [0.4, 0.5) is 0 Å². The molecule has 0 fully saturated rings. The summed E-state index contributed by atoms with van der Waals surface area (Å²) in [4.78, 5) is 0. The summed E-state index contributed by atoms with van der Waals surface area (Å²) in [6.07, 6.45) is 0. The fourth-order valence-corrected chi connectivity index (χ4v) is 1.17. The molecule has 42 valence electrons. The van der Waals surface area contributed by atoms with E-state index in [1.165, 1.54) is 0 Å². The number of rotatable bonds is 0. The van der Waals surface area contributed by atoms with Crippen molar-refractivity contribution in [1.82, 2.24) is 5.32 Å². The molecule has 1 rings (SSSR count). The highest BCUT2D eigenvalue weighted by molar-refractivity contribution is 8.02. The van der Waals surface area contributed by atoms with E-state index < -0.39 is 0 Å². The van der Waals surface area contributed by atoms with Gasteiger partial charge in [0.05, 0.1) is 5.37 Å². The van der Waals surface area contributed by atoms with Gasteiger partial charge in [-0.15, -0.1) is 11.8 Å². The van der Waals surface area contributed by atoms with E-state index >= 15 is 0 Å². The second kappa shape index (κ2) is 2.10. The molecule has 3 heteroatoms. The minimum atomic E-state index is 0.379. The molecule has 1 aliphatic rings. The molecule has 2 nitrogen and oxygen atoms in total. The summed E-state index contributed by atoms with van der Waals surface area (Å²) >= 11 is 1.63. The average molecular weight is 126 g/mol. The molecule has 0 aromatic heterocycles. The summed E-state index contributed by atoms with van der Waals surface area (Å²) in [6, 6.07) is 2.02. The number of nitrogens with one attached hydrogen (secondary N) is 1. The third-order valence-corrected chi connectivity index (χ3v) is 1.77. The van der Waals surface area contributed by atoms with E-state index in [0.29, 0.717) is 11.1 Å². The Balaban J connectivity index is 2.53. The number of hydrogen-bond donors (Lipinski definition) is 1. The zero-order chi connectivity index (χ0) is 5.98. The highest BCUT2D eigenvalue weighted by Gasteiger charge is 2.08. The van der Waals surface area contributed by atoms with Gasteiger partial charge in [0.1, 0.15) is 11.8 Å². The highest BCUT2D eigenvalue weighted by Crippen LogP contribution is 2.18. The second-order valence-corrected chi connectivity index (χ2v) is 2.78. The topological polar surface area (TPSA) is 35.8 Å². The molecule has 1 atom stereocenters. The monoisotopic (exact) mass is 126 g/mol. The van der Waals surface area contributed by atoms with Crippen molar-refractivity contribution in [3.05, 3.63) is 11.1 Å². The Morgan fingerprint density at radius 2 is 2.75 bits per heavy atom. The Labute approximate surface area is 52.6 Å². The summed E-state index contributed by atoms with van der Waals surface area (Å²) in [5.74, 6) is 0. The van der Waals surface area contributed by atoms with Gasteiger partial charge in [0, 0.05) is 5.41 Å². The van der Waals surface area contributed by atoms with Gasteiger partial charge in [0.25, 0.3) is 0 Å². The first-order valence-corrected chi connectivity index (χ1v) is 3.29. The van der Waals surface area contributed by atoms with Crippen LogP contribution in [0.2, 0.25) is 0 Å². The van der Waals surface area contributed by atoms with Crippen molar-refractivity contribution in [1.29, 1.82) is 5.26 Å². The molecular weight excluding hydrogens is 120 g/mol. The fraction of sp³-hybridized carbons (Fsp3) is 0.400. The molecule has 1 unspecified atom stereocenters. The van der Waals surface area contributed by atoms with E-state index in [1.807, 2.05) is 18.4 Å². The van der Waals surface area contributed by atoms with Crippen LogP contribution in [0.1, 0.15) is 6.92 Å². The maximum Gasteiger partial charge on any atom is 0.120 e. The molecule has 0 aromatic rings. The molecule has 0 saturated carbocycles. The third-order valence-electron chi connectivity index (χ3n) is 0.869. The van der Waals surface area contributed by atoms with E-state index in [1.54, 1.807) is 11.8 Å². The predicted octanol–water partition coefficient (Wildman–Crippen LogP) is 1.03. The SMILES string of the molecule is CC1NC(C#N)=CS1. The van der Waals surface area contributed by atoms with Crippen LogP contribution in [0.3, 0.4) is 0 Å². The Morgan fingerprint density at radius 1 is 2.00 bits per heavy atom. The number of allylic oxidation sites excluding steroid dienone is 1. The molecule has 0 amide bonds. The molecule has 1 aliphatic heterocycles. The van der Waals surface area contributed by atoms with E-state index in [9.17, 15) is 0 Å². The Hall–Kier alpha value is -0.620. The maximum absolute atomic E-state index is 8.29. The molecule has 0 aliphatic carbocycles. The second-order valence-electron chi connectivity index (χ2n) is 1.57. The molecule has 0 bridgehead atoms. The van der Waals surface area contributed by atoms with Crippen molar-refractivity contribution in [3.63, 3.8) is 0 Å². The lowest BCUT2D eigenvalue weighted by Gasteiger charge is -1.99. The quantitative estimate of drug-likeness (QED) is 0.526. The van der Waals surface area contributed by atoms with Gasteiger partial charge in [-0.25, -0.2) is 0 Å². The van der Waals surface area contributed by atoms with Gasteiger partial charge < -0.3 is 5.32 Å². The van der Waals surface area contributed by atoms with Gasteiger partial charge in [0.2, 0.25) is 0 Å². The lowest BCUT2D eigenvalue weighted by atomic mass is 10.5. The van der Waals surface area contributed by atoms with Gasteiger partial charge in [-0.1, -0.05) is 0 Å². The van der Waals surface area contributed by atoms with E-state index in [2.05, 4.69) is 5.32 Å². The van der Waals surface area contributed by atoms with Crippen LogP contribution in [0.15, 0.2) is 11.1 Å². The smallest absolute Gasteiger partial charge is 0.120 e. The van der Waals surface area contributed by atoms with Crippen molar-refractivity contribution in [3.8, 4) is 6.07 Å². The normalized spacial score (nSPS) is 26.0. The number of nitrogens with zero attached hydrogens (tertiary/aromatic N) is 1. The third kappa shape index (κ3) is 0.958. The molecule has 8 heavy (non-hydrogen) atoms. The van der Waals surface area contributed by atoms with Crippen LogP contribution in [0.5, 0.6) is 0 Å². The van der Waals surface area contributed by atoms with Crippen LogP contribution in [-0.4, -0.2) is 5.37 Å². The van der Waals surface area contributed by atoms with Gasteiger partial charge in [-0.05, 0) is 6.92 Å². The van der Waals surface area contributed by atoms with Gasteiger partial charge in [-0.3, -0.25) is 0 Å². The minimum absolute atomic E-state index is 0.379.